The van der Waals surface area contributed by atoms with Gasteiger partial charge in [-0.1, -0.05) is 27.7 Å². The first-order valence-corrected chi connectivity index (χ1v) is 12.2. The van der Waals surface area contributed by atoms with Crippen LogP contribution in [0.4, 0.5) is 4.39 Å². The quantitative estimate of drug-likeness (QED) is 0.608. The highest BCUT2D eigenvalue weighted by molar-refractivity contribution is 7.90. The molecule has 178 valence electrons. The maximum Gasteiger partial charge on any atom is 0.283 e. The van der Waals surface area contributed by atoms with Gasteiger partial charge in [-0.15, -0.1) is 0 Å². The summed E-state index contributed by atoms with van der Waals surface area (Å²) in [5, 5.41) is 14.2. The second-order valence-electron chi connectivity index (χ2n) is 9.54. The lowest BCUT2D eigenvalue weighted by Gasteiger charge is -2.20. The average Bonchev–Trinajstić information content (AvgIpc) is 3.09. The van der Waals surface area contributed by atoms with E-state index >= 15 is 0 Å². The first-order valence-electron chi connectivity index (χ1n) is 10.7. The number of hydrogen-bond acceptors (Lipinski definition) is 5. The summed E-state index contributed by atoms with van der Waals surface area (Å²) in [4.78, 5) is 12.8. The number of benzene rings is 1. The normalized spacial score (nSPS) is 12.8. The van der Waals surface area contributed by atoms with Crippen molar-refractivity contribution in [3.63, 3.8) is 0 Å². The van der Waals surface area contributed by atoms with Crippen molar-refractivity contribution >= 4 is 15.9 Å². The Hall–Kier alpha value is -2.26. The number of sulfonamides is 1. The van der Waals surface area contributed by atoms with Crippen LogP contribution in [0, 0.1) is 5.82 Å². The van der Waals surface area contributed by atoms with E-state index in [0.29, 0.717) is 22.4 Å². The Labute approximate surface area is 190 Å². The maximum absolute atomic E-state index is 14.1. The molecule has 7 nitrogen and oxygen atoms in total. The fourth-order valence-electron chi connectivity index (χ4n) is 3.67. The van der Waals surface area contributed by atoms with Crippen molar-refractivity contribution in [2.75, 3.05) is 0 Å². The molecule has 0 bridgehead atoms. The van der Waals surface area contributed by atoms with Crippen LogP contribution in [-0.2, 0) is 26.8 Å². The molecule has 1 amide bonds. The van der Waals surface area contributed by atoms with E-state index in [1.54, 1.807) is 0 Å². The van der Waals surface area contributed by atoms with E-state index in [1.807, 2.05) is 41.5 Å². The molecule has 0 saturated heterocycles. The van der Waals surface area contributed by atoms with Crippen molar-refractivity contribution in [3.8, 4) is 0 Å². The second kappa shape index (κ2) is 9.31. The molecule has 0 atom stereocenters. The summed E-state index contributed by atoms with van der Waals surface area (Å²) in [5.74, 6) is -1.20. The highest BCUT2D eigenvalue weighted by atomic mass is 32.2. The maximum atomic E-state index is 14.1. The molecule has 0 fully saturated rings. The van der Waals surface area contributed by atoms with Gasteiger partial charge in [-0.3, -0.25) is 9.48 Å². The Bertz CT molecular complexity index is 1070. The third kappa shape index (κ3) is 5.75. The topological polar surface area (TPSA) is 101 Å². The molecule has 2 N–H and O–H groups in total. The monoisotopic (exact) mass is 467 g/mol. The number of rotatable bonds is 8. The molecule has 2 aromatic rings. The van der Waals surface area contributed by atoms with Gasteiger partial charge in [-0.05, 0) is 68.4 Å². The lowest BCUT2D eigenvalue weighted by Crippen LogP contribution is -2.32. The number of aliphatic hydroxyl groups is 1. The molecular weight excluding hydrogens is 433 g/mol. The van der Waals surface area contributed by atoms with Crippen LogP contribution in [0.2, 0.25) is 0 Å². The Morgan fingerprint density at radius 1 is 1.09 bits per heavy atom. The number of carbonyl (C=O) groups excluding carboxylic acids is 1. The molecule has 2 rings (SSSR count). The molecule has 1 aromatic heterocycles. The smallest absolute Gasteiger partial charge is 0.283 e. The van der Waals surface area contributed by atoms with E-state index < -0.39 is 21.5 Å². The zero-order valence-corrected chi connectivity index (χ0v) is 20.8. The van der Waals surface area contributed by atoms with Crippen molar-refractivity contribution in [1.82, 2.24) is 14.5 Å². The molecule has 0 spiro atoms. The fraction of sp³-hybridized carbons (Fsp3) is 0.565. The van der Waals surface area contributed by atoms with Gasteiger partial charge in [-0.2, -0.15) is 13.5 Å². The van der Waals surface area contributed by atoms with Gasteiger partial charge in [-0.25, -0.2) is 9.11 Å². The van der Waals surface area contributed by atoms with E-state index in [0.717, 1.165) is 0 Å². The molecule has 9 heteroatoms. The summed E-state index contributed by atoms with van der Waals surface area (Å²) in [6, 6.07) is 3.87. The predicted octanol–water partition coefficient (Wildman–Crippen LogP) is 4.12. The molecule has 0 aliphatic carbocycles. The number of carbonyl (C=O) groups is 1. The van der Waals surface area contributed by atoms with E-state index in [2.05, 4.69) is 9.82 Å². The van der Waals surface area contributed by atoms with Crippen LogP contribution in [0.3, 0.4) is 0 Å². The number of nitrogens with zero attached hydrogens (tertiary/aromatic N) is 2. The summed E-state index contributed by atoms with van der Waals surface area (Å²) in [5.41, 5.74) is 0.989. The first kappa shape index (κ1) is 26.0. The second-order valence-corrected chi connectivity index (χ2v) is 11.2. The summed E-state index contributed by atoms with van der Waals surface area (Å²) < 4.78 is 43.4. The predicted molar refractivity (Wildman–Crippen MR) is 121 cm³/mol. The van der Waals surface area contributed by atoms with Crippen LogP contribution in [0.5, 0.6) is 0 Å². The van der Waals surface area contributed by atoms with Gasteiger partial charge in [0.2, 0.25) is 5.91 Å². The average molecular weight is 468 g/mol. The van der Waals surface area contributed by atoms with Gasteiger partial charge in [0.05, 0.1) is 12.1 Å². The van der Waals surface area contributed by atoms with Crippen molar-refractivity contribution in [2.24, 2.45) is 0 Å². The Balaban J connectivity index is 2.41. The zero-order chi connectivity index (χ0) is 24.6. The van der Waals surface area contributed by atoms with Gasteiger partial charge in [0.1, 0.15) is 11.4 Å². The Kier molecular flexibility index (Phi) is 7.56. The van der Waals surface area contributed by atoms with Crippen LogP contribution in [0.25, 0.3) is 0 Å². The van der Waals surface area contributed by atoms with Gasteiger partial charge in [0, 0.05) is 12.1 Å². The van der Waals surface area contributed by atoms with E-state index in [9.17, 15) is 22.7 Å². The van der Waals surface area contributed by atoms with Crippen LogP contribution < -0.4 is 4.72 Å². The number of halogens is 1. The molecule has 1 aromatic carbocycles. The largest absolute Gasteiger partial charge is 0.384 e. The van der Waals surface area contributed by atoms with E-state index in [1.165, 1.54) is 36.7 Å². The molecular formula is C23H34FN3O4S. The van der Waals surface area contributed by atoms with Crippen LogP contribution >= 0.6 is 0 Å². The van der Waals surface area contributed by atoms with Crippen molar-refractivity contribution in [1.29, 1.82) is 0 Å². The number of hydrogen-bond donors (Lipinski definition) is 2. The van der Waals surface area contributed by atoms with E-state index in [-0.39, 0.29) is 35.1 Å². The number of nitrogens with one attached hydrogen (secondary N) is 1. The Morgan fingerprint density at radius 3 is 1.97 bits per heavy atom. The van der Waals surface area contributed by atoms with Crippen molar-refractivity contribution in [3.05, 3.63) is 46.4 Å². The molecule has 32 heavy (non-hydrogen) atoms. The highest BCUT2D eigenvalue weighted by Crippen LogP contribution is 2.30. The van der Waals surface area contributed by atoms with Crippen LogP contribution in [0.1, 0.15) is 95.7 Å². The summed E-state index contributed by atoms with van der Waals surface area (Å²) in [6.45, 7) is 14.3. The molecule has 0 aliphatic rings. The summed E-state index contributed by atoms with van der Waals surface area (Å²) in [7, 11) is -4.27. The molecule has 0 unspecified atom stereocenters. The lowest BCUT2D eigenvalue weighted by atomic mass is 9.87. The van der Waals surface area contributed by atoms with Crippen LogP contribution in [-0.4, -0.2) is 29.2 Å². The van der Waals surface area contributed by atoms with Crippen molar-refractivity contribution < 1.29 is 22.7 Å². The zero-order valence-electron chi connectivity index (χ0n) is 20.0. The molecule has 0 saturated carbocycles. The van der Waals surface area contributed by atoms with Gasteiger partial charge in [0.25, 0.3) is 10.0 Å². The fourth-order valence-corrected chi connectivity index (χ4v) is 4.61. The molecule has 0 radical (unpaired) electrons. The third-order valence-corrected chi connectivity index (χ3v) is 6.46. The van der Waals surface area contributed by atoms with Gasteiger partial charge >= 0.3 is 0 Å². The number of amides is 1. The number of aromatic nitrogens is 2. The SMILES string of the molecule is CC(C)c1cc(F)cc(C(C)C)c1CC(=O)NS(=O)(=O)c1cc(C(C)(C)O)n(C(C)C)n1. The minimum absolute atomic E-state index is 0.0429. The van der Waals surface area contributed by atoms with E-state index in [4.69, 9.17) is 0 Å². The minimum Gasteiger partial charge on any atom is -0.384 e. The van der Waals surface area contributed by atoms with Crippen molar-refractivity contribution in [2.45, 2.75) is 90.3 Å². The lowest BCUT2D eigenvalue weighted by molar-refractivity contribution is -0.118. The third-order valence-electron chi connectivity index (χ3n) is 5.22. The van der Waals surface area contributed by atoms with Gasteiger partial charge in [0.15, 0.2) is 5.03 Å². The van der Waals surface area contributed by atoms with Crippen LogP contribution in [0.15, 0.2) is 23.2 Å². The summed E-state index contributed by atoms with van der Waals surface area (Å²) >= 11 is 0. The van der Waals surface area contributed by atoms with Gasteiger partial charge < -0.3 is 5.11 Å². The first-order chi connectivity index (χ1) is 14.5. The minimum atomic E-state index is -4.27. The standard InChI is InChI=1S/C23H34FN3O4S/c1-13(2)17-9-16(24)10-18(14(3)4)19(17)11-21(28)26-32(30,31)22-12-20(23(7,8)29)27(25-22)15(5)6/h9-10,12-15,29H,11H2,1-8H3,(H,26,28). The molecule has 0 aliphatic heterocycles. The molecule has 1 heterocycles. The highest BCUT2D eigenvalue weighted by Gasteiger charge is 2.30. The summed E-state index contributed by atoms with van der Waals surface area (Å²) in [6.07, 6.45) is -0.205. The Morgan fingerprint density at radius 2 is 1.59 bits per heavy atom.